The van der Waals surface area contributed by atoms with E-state index in [1.54, 1.807) is 24.3 Å². The van der Waals surface area contributed by atoms with Crippen LogP contribution in [0.3, 0.4) is 0 Å². The maximum Gasteiger partial charge on any atom is 0.276 e. The Balaban J connectivity index is 2.50. The SMILES string of the molecule is NCC(F)(F)CNc1ccc(Br)cc1. The minimum absolute atomic E-state index is 0.439. The first kappa shape index (κ1) is 11.4. The summed E-state index contributed by atoms with van der Waals surface area (Å²) < 4.78 is 26.4. The maximum atomic E-state index is 12.7. The number of benzene rings is 1. The van der Waals surface area contributed by atoms with Gasteiger partial charge in [-0.1, -0.05) is 15.9 Å². The van der Waals surface area contributed by atoms with Crippen LogP contribution in [0.4, 0.5) is 14.5 Å². The van der Waals surface area contributed by atoms with E-state index in [4.69, 9.17) is 5.73 Å². The van der Waals surface area contributed by atoms with Gasteiger partial charge in [-0.05, 0) is 24.3 Å². The molecule has 0 spiro atoms. The van der Waals surface area contributed by atoms with E-state index in [2.05, 4.69) is 21.2 Å². The lowest BCUT2D eigenvalue weighted by atomic mass is 10.3. The van der Waals surface area contributed by atoms with E-state index in [9.17, 15) is 8.78 Å². The highest BCUT2D eigenvalue weighted by Crippen LogP contribution is 2.16. The zero-order valence-corrected chi connectivity index (χ0v) is 9.02. The fourth-order valence-electron chi connectivity index (χ4n) is 0.871. The van der Waals surface area contributed by atoms with Crippen molar-refractivity contribution in [3.8, 4) is 0 Å². The molecule has 0 aliphatic rings. The predicted molar refractivity (Wildman–Crippen MR) is 56.6 cm³/mol. The van der Waals surface area contributed by atoms with E-state index in [0.717, 1.165) is 4.47 Å². The third-order valence-electron chi connectivity index (χ3n) is 1.69. The van der Waals surface area contributed by atoms with Gasteiger partial charge in [-0.25, -0.2) is 8.78 Å². The fraction of sp³-hybridized carbons (Fsp3) is 0.333. The smallest absolute Gasteiger partial charge is 0.276 e. The Kier molecular flexibility index (Phi) is 3.83. The molecule has 3 N–H and O–H groups in total. The van der Waals surface area contributed by atoms with Crippen LogP contribution >= 0.6 is 15.9 Å². The molecule has 14 heavy (non-hydrogen) atoms. The van der Waals surface area contributed by atoms with Crippen LogP contribution in [0.2, 0.25) is 0 Å². The summed E-state index contributed by atoms with van der Waals surface area (Å²) in [5, 5.41) is 2.61. The number of nitrogens with one attached hydrogen (secondary N) is 1. The van der Waals surface area contributed by atoms with Crippen LogP contribution < -0.4 is 11.1 Å². The van der Waals surface area contributed by atoms with Crippen LogP contribution in [0.1, 0.15) is 0 Å². The predicted octanol–water partition coefficient (Wildman–Crippen LogP) is 2.46. The molecule has 0 fully saturated rings. The minimum atomic E-state index is -2.85. The molecule has 78 valence electrons. The van der Waals surface area contributed by atoms with Gasteiger partial charge in [0, 0.05) is 10.2 Å². The Labute approximate surface area is 89.6 Å². The monoisotopic (exact) mass is 264 g/mol. The molecular formula is C9H11BrF2N2. The molecule has 0 aromatic heterocycles. The van der Waals surface area contributed by atoms with Gasteiger partial charge in [0.05, 0.1) is 13.1 Å². The number of rotatable bonds is 4. The molecule has 0 heterocycles. The van der Waals surface area contributed by atoms with E-state index in [1.165, 1.54) is 0 Å². The van der Waals surface area contributed by atoms with E-state index >= 15 is 0 Å². The zero-order valence-electron chi connectivity index (χ0n) is 7.43. The van der Waals surface area contributed by atoms with Gasteiger partial charge in [0.25, 0.3) is 5.92 Å². The first-order valence-electron chi connectivity index (χ1n) is 4.11. The summed E-state index contributed by atoms with van der Waals surface area (Å²) in [6, 6.07) is 7.00. The highest BCUT2D eigenvalue weighted by atomic mass is 79.9. The second-order valence-electron chi connectivity index (χ2n) is 2.92. The number of anilines is 1. The van der Waals surface area contributed by atoms with E-state index < -0.39 is 19.0 Å². The lowest BCUT2D eigenvalue weighted by Gasteiger charge is -2.15. The highest BCUT2D eigenvalue weighted by Gasteiger charge is 2.25. The molecule has 1 aromatic rings. The summed E-state index contributed by atoms with van der Waals surface area (Å²) in [7, 11) is 0. The molecule has 0 unspecified atom stereocenters. The number of hydrogen-bond donors (Lipinski definition) is 2. The highest BCUT2D eigenvalue weighted by molar-refractivity contribution is 9.10. The number of alkyl halides is 2. The molecular weight excluding hydrogens is 254 g/mol. The van der Waals surface area contributed by atoms with Crippen LogP contribution in [0.15, 0.2) is 28.7 Å². The Bertz CT molecular complexity index is 287. The van der Waals surface area contributed by atoms with Gasteiger partial charge < -0.3 is 11.1 Å². The van der Waals surface area contributed by atoms with Crippen LogP contribution in [0, 0.1) is 0 Å². The standard InChI is InChI=1S/C9H11BrF2N2/c10-7-1-3-8(4-2-7)14-6-9(11,12)5-13/h1-4,14H,5-6,13H2. The quantitative estimate of drug-likeness (QED) is 0.877. The minimum Gasteiger partial charge on any atom is -0.379 e. The first-order valence-corrected chi connectivity index (χ1v) is 4.90. The summed E-state index contributed by atoms with van der Waals surface area (Å²) >= 11 is 3.25. The Hall–Kier alpha value is -0.680. The second kappa shape index (κ2) is 4.70. The van der Waals surface area contributed by atoms with Crippen molar-refractivity contribution in [1.29, 1.82) is 0 Å². The lowest BCUT2D eigenvalue weighted by Crippen LogP contribution is -2.35. The van der Waals surface area contributed by atoms with Crippen LogP contribution in [-0.4, -0.2) is 19.0 Å². The third-order valence-corrected chi connectivity index (χ3v) is 2.22. The molecule has 0 amide bonds. The normalized spacial score (nSPS) is 11.4. The van der Waals surface area contributed by atoms with Gasteiger partial charge in [-0.2, -0.15) is 0 Å². The van der Waals surface area contributed by atoms with Crippen LogP contribution in [0.5, 0.6) is 0 Å². The Morgan fingerprint density at radius 3 is 2.36 bits per heavy atom. The van der Waals surface area contributed by atoms with Gasteiger partial charge >= 0.3 is 0 Å². The van der Waals surface area contributed by atoms with Crippen molar-refractivity contribution in [3.63, 3.8) is 0 Å². The summed E-state index contributed by atoms with van der Waals surface area (Å²) in [5.74, 6) is -2.85. The molecule has 1 rings (SSSR count). The number of halogens is 3. The first-order chi connectivity index (χ1) is 6.53. The molecule has 0 saturated heterocycles. The summed E-state index contributed by atoms with van der Waals surface area (Å²) in [4.78, 5) is 0. The molecule has 5 heteroatoms. The van der Waals surface area contributed by atoms with Crippen molar-refractivity contribution in [2.45, 2.75) is 5.92 Å². The lowest BCUT2D eigenvalue weighted by molar-refractivity contribution is 0.0254. The van der Waals surface area contributed by atoms with E-state index in [1.807, 2.05) is 0 Å². The van der Waals surface area contributed by atoms with Crippen molar-refractivity contribution >= 4 is 21.6 Å². The van der Waals surface area contributed by atoms with Crippen LogP contribution in [0.25, 0.3) is 0 Å². The van der Waals surface area contributed by atoms with Gasteiger partial charge in [0.15, 0.2) is 0 Å². The Morgan fingerprint density at radius 1 is 1.29 bits per heavy atom. The molecule has 0 bridgehead atoms. The summed E-state index contributed by atoms with van der Waals surface area (Å²) in [5.41, 5.74) is 5.55. The van der Waals surface area contributed by atoms with Gasteiger partial charge in [-0.15, -0.1) is 0 Å². The molecule has 0 aliphatic carbocycles. The molecule has 1 aromatic carbocycles. The molecule has 2 nitrogen and oxygen atoms in total. The van der Waals surface area contributed by atoms with Crippen molar-refractivity contribution in [3.05, 3.63) is 28.7 Å². The van der Waals surface area contributed by atoms with Gasteiger partial charge in [0.1, 0.15) is 0 Å². The topological polar surface area (TPSA) is 38.0 Å². The molecule has 0 aliphatic heterocycles. The average Bonchev–Trinajstić information content (AvgIpc) is 2.17. The van der Waals surface area contributed by atoms with Crippen molar-refractivity contribution in [2.75, 3.05) is 18.4 Å². The molecule has 0 saturated carbocycles. The fourth-order valence-corrected chi connectivity index (χ4v) is 1.14. The number of hydrogen-bond acceptors (Lipinski definition) is 2. The molecule has 0 radical (unpaired) electrons. The number of nitrogens with two attached hydrogens (primary N) is 1. The molecule has 0 atom stereocenters. The van der Waals surface area contributed by atoms with Gasteiger partial charge in [-0.3, -0.25) is 0 Å². The van der Waals surface area contributed by atoms with E-state index in [0.29, 0.717) is 5.69 Å². The summed E-state index contributed by atoms with van der Waals surface area (Å²) in [6.45, 7) is -1.08. The van der Waals surface area contributed by atoms with Gasteiger partial charge in [0.2, 0.25) is 0 Å². The third kappa shape index (κ3) is 3.59. The average molecular weight is 265 g/mol. The zero-order chi connectivity index (χ0) is 10.6. The summed E-state index contributed by atoms with van der Waals surface area (Å²) in [6.07, 6.45) is 0. The van der Waals surface area contributed by atoms with E-state index in [-0.39, 0.29) is 0 Å². The Morgan fingerprint density at radius 2 is 1.86 bits per heavy atom. The second-order valence-corrected chi connectivity index (χ2v) is 3.84. The maximum absolute atomic E-state index is 12.7. The van der Waals surface area contributed by atoms with Crippen molar-refractivity contribution < 1.29 is 8.78 Å². The largest absolute Gasteiger partial charge is 0.379 e. The van der Waals surface area contributed by atoms with Crippen LogP contribution in [-0.2, 0) is 0 Å². The van der Waals surface area contributed by atoms with Crippen molar-refractivity contribution in [2.24, 2.45) is 5.73 Å². The van der Waals surface area contributed by atoms with Crippen molar-refractivity contribution in [1.82, 2.24) is 0 Å².